The van der Waals surface area contributed by atoms with Crippen molar-refractivity contribution in [3.63, 3.8) is 0 Å². The minimum absolute atomic E-state index is 0.0902. The molecule has 6 heteroatoms. The largest absolute Gasteiger partial charge is 0.387 e. The molecule has 0 spiro atoms. The van der Waals surface area contributed by atoms with Crippen molar-refractivity contribution >= 4 is 11.7 Å². The van der Waals surface area contributed by atoms with Gasteiger partial charge in [-0.05, 0) is 13.8 Å². The van der Waals surface area contributed by atoms with Crippen LogP contribution in [0.25, 0.3) is 0 Å². The highest BCUT2D eigenvalue weighted by Gasteiger charge is 2.32. The summed E-state index contributed by atoms with van der Waals surface area (Å²) in [4.78, 5) is 0. The molecular weight excluding hydrogens is 228 g/mol. The number of azo groups is 1. The highest BCUT2D eigenvalue weighted by Crippen LogP contribution is 2.26. The van der Waals surface area contributed by atoms with E-state index in [0.717, 1.165) is 0 Å². The molecule has 0 aromatic carbocycles. The summed E-state index contributed by atoms with van der Waals surface area (Å²) in [6.07, 6.45) is 0. The molecule has 6 N–H and O–H groups in total. The average Bonchev–Trinajstić information content (AvgIpc) is 2.24. The van der Waals surface area contributed by atoms with Gasteiger partial charge < -0.3 is 11.5 Å². The first-order valence-electron chi connectivity index (χ1n) is 6.03. The summed E-state index contributed by atoms with van der Waals surface area (Å²) in [5.41, 5.74) is 10.0. The minimum Gasteiger partial charge on any atom is -0.387 e. The van der Waals surface area contributed by atoms with Gasteiger partial charge in [0, 0.05) is 10.8 Å². The van der Waals surface area contributed by atoms with Crippen LogP contribution in [-0.4, -0.2) is 23.8 Å². The Kier molecular flexibility index (Phi) is 5.01. The Balaban J connectivity index is 4.87. The normalized spacial score (nSPS) is 16.6. The summed E-state index contributed by atoms with van der Waals surface area (Å²) in [6, 6.07) is -0.389. The molecule has 6 nitrogen and oxygen atoms in total. The van der Waals surface area contributed by atoms with Gasteiger partial charge in [-0.1, -0.05) is 27.7 Å². The van der Waals surface area contributed by atoms with E-state index in [1.54, 1.807) is 0 Å². The molecule has 0 aliphatic carbocycles. The topological polar surface area (TPSA) is 124 Å². The third kappa shape index (κ3) is 3.51. The number of amidine groups is 2. The van der Waals surface area contributed by atoms with E-state index < -0.39 is 10.8 Å². The highest BCUT2D eigenvalue weighted by molar-refractivity contribution is 5.84. The van der Waals surface area contributed by atoms with Gasteiger partial charge in [0.2, 0.25) is 0 Å². The Morgan fingerprint density at radius 2 is 1.06 bits per heavy atom. The fourth-order valence-electron chi connectivity index (χ4n) is 0.939. The number of hydrogen-bond donors (Lipinski definition) is 4. The molecule has 104 valence electrons. The lowest BCUT2D eigenvalue weighted by molar-refractivity contribution is 0.368. The lowest BCUT2D eigenvalue weighted by Gasteiger charge is -2.29. The molecule has 0 fully saturated rings. The Morgan fingerprint density at radius 3 is 1.22 bits per heavy atom. The molecule has 0 aliphatic rings. The molecule has 2 unspecified atom stereocenters. The molecule has 0 aromatic heterocycles. The number of nitrogens with two attached hydrogens (primary N) is 2. The fourth-order valence-corrected chi connectivity index (χ4v) is 0.939. The van der Waals surface area contributed by atoms with Gasteiger partial charge in [0.15, 0.2) is 0 Å². The second kappa shape index (κ2) is 5.46. The minimum atomic E-state index is -0.524. The summed E-state index contributed by atoms with van der Waals surface area (Å²) in [5, 5.41) is 23.5. The van der Waals surface area contributed by atoms with Gasteiger partial charge in [-0.2, -0.15) is 10.2 Å². The zero-order chi connectivity index (χ0) is 14.7. The van der Waals surface area contributed by atoms with E-state index in [1.165, 1.54) is 0 Å². The monoisotopic (exact) mass is 254 g/mol. The van der Waals surface area contributed by atoms with Gasteiger partial charge in [-0.15, -0.1) is 0 Å². The van der Waals surface area contributed by atoms with Crippen LogP contribution in [0, 0.1) is 21.6 Å². The van der Waals surface area contributed by atoms with Gasteiger partial charge in [0.1, 0.15) is 0 Å². The maximum atomic E-state index is 7.53. The lowest BCUT2D eigenvalue weighted by atomic mass is 9.84. The molecule has 0 aromatic rings. The maximum Gasteiger partial charge on any atom is 0.0985 e. The molecule has 0 aliphatic heterocycles. The summed E-state index contributed by atoms with van der Waals surface area (Å²) in [6.45, 7) is 11.2. The van der Waals surface area contributed by atoms with E-state index in [9.17, 15) is 0 Å². The molecule has 0 saturated carbocycles. The van der Waals surface area contributed by atoms with E-state index in [1.807, 2.05) is 41.5 Å². The first kappa shape index (κ1) is 16.5. The lowest BCUT2D eigenvalue weighted by Crippen LogP contribution is -2.40. The van der Waals surface area contributed by atoms with Gasteiger partial charge in [0.05, 0.1) is 23.8 Å². The standard InChI is InChI=1S/C12H26N6/c1-7(11(3,4)9(13)14)17-18-8(2)12(5,6)10(15)16/h7-8H,1-6H3,(H3,13,14)(H3,15,16)/b18-17+. The van der Waals surface area contributed by atoms with E-state index in [0.29, 0.717) is 0 Å². The molecule has 0 amide bonds. The third-order valence-corrected chi connectivity index (χ3v) is 3.89. The third-order valence-electron chi connectivity index (χ3n) is 3.89. The summed E-state index contributed by atoms with van der Waals surface area (Å²) in [5.74, 6) is 0.180. The average molecular weight is 254 g/mol. The molecule has 0 bridgehead atoms. The quantitative estimate of drug-likeness (QED) is 0.329. The van der Waals surface area contributed by atoms with Crippen LogP contribution in [0.3, 0.4) is 0 Å². The molecular formula is C12H26N6. The van der Waals surface area contributed by atoms with Gasteiger partial charge in [-0.25, -0.2) is 0 Å². The van der Waals surface area contributed by atoms with E-state index in [4.69, 9.17) is 22.3 Å². The summed E-state index contributed by atoms with van der Waals surface area (Å²) < 4.78 is 0. The fraction of sp³-hybridized carbons (Fsp3) is 0.833. The van der Waals surface area contributed by atoms with Gasteiger partial charge in [-0.3, -0.25) is 10.8 Å². The zero-order valence-corrected chi connectivity index (χ0v) is 12.2. The molecule has 18 heavy (non-hydrogen) atoms. The van der Waals surface area contributed by atoms with Crippen molar-refractivity contribution in [2.24, 2.45) is 32.5 Å². The summed E-state index contributed by atoms with van der Waals surface area (Å²) >= 11 is 0. The van der Waals surface area contributed by atoms with Crippen molar-refractivity contribution in [3.05, 3.63) is 0 Å². The Bertz CT molecular complexity index is 322. The second-order valence-electron chi connectivity index (χ2n) is 5.85. The first-order chi connectivity index (χ1) is 7.94. The smallest absolute Gasteiger partial charge is 0.0985 e. The number of hydrogen-bond acceptors (Lipinski definition) is 4. The highest BCUT2D eigenvalue weighted by atomic mass is 15.2. The Morgan fingerprint density at radius 1 is 0.833 bits per heavy atom. The van der Waals surface area contributed by atoms with Crippen molar-refractivity contribution < 1.29 is 0 Å². The summed E-state index contributed by atoms with van der Waals surface area (Å²) in [7, 11) is 0. The van der Waals surface area contributed by atoms with Crippen molar-refractivity contribution in [2.45, 2.75) is 53.6 Å². The molecule has 0 rings (SSSR count). The molecule has 0 saturated heterocycles. The van der Waals surface area contributed by atoms with Crippen LogP contribution in [0.1, 0.15) is 41.5 Å². The SMILES string of the molecule is CC(/N=N/C(C)C(C)(C)C(=N)N)C(C)(C)C(=N)N. The Hall–Kier alpha value is -1.46. The first-order valence-corrected chi connectivity index (χ1v) is 6.03. The van der Waals surface area contributed by atoms with Crippen LogP contribution in [-0.2, 0) is 0 Å². The van der Waals surface area contributed by atoms with Crippen LogP contribution in [0.4, 0.5) is 0 Å². The maximum absolute atomic E-state index is 7.53. The molecule has 0 radical (unpaired) electrons. The predicted octanol–water partition coefficient (Wildman–Crippen LogP) is 2.14. The van der Waals surface area contributed by atoms with Gasteiger partial charge >= 0.3 is 0 Å². The van der Waals surface area contributed by atoms with Crippen molar-refractivity contribution in [1.29, 1.82) is 10.8 Å². The predicted molar refractivity (Wildman–Crippen MR) is 75.2 cm³/mol. The van der Waals surface area contributed by atoms with Crippen molar-refractivity contribution in [2.75, 3.05) is 0 Å². The van der Waals surface area contributed by atoms with Crippen LogP contribution in [0.5, 0.6) is 0 Å². The number of nitrogens with one attached hydrogen (secondary N) is 2. The zero-order valence-electron chi connectivity index (χ0n) is 12.2. The van der Waals surface area contributed by atoms with Crippen molar-refractivity contribution in [3.8, 4) is 0 Å². The number of nitrogens with zero attached hydrogens (tertiary/aromatic N) is 2. The molecule has 2 atom stereocenters. The number of rotatable bonds is 6. The van der Waals surface area contributed by atoms with Crippen LogP contribution < -0.4 is 11.5 Å². The van der Waals surface area contributed by atoms with Gasteiger partial charge in [0.25, 0.3) is 0 Å². The Labute approximate surface area is 109 Å². The van der Waals surface area contributed by atoms with E-state index in [-0.39, 0.29) is 23.8 Å². The van der Waals surface area contributed by atoms with E-state index in [2.05, 4.69) is 10.2 Å². The van der Waals surface area contributed by atoms with Crippen LogP contribution >= 0.6 is 0 Å². The van der Waals surface area contributed by atoms with Crippen molar-refractivity contribution in [1.82, 2.24) is 0 Å². The second-order valence-corrected chi connectivity index (χ2v) is 5.85. The van der Waals surface area contributed by atoms with E-state index >= 15 is 0 Å². The van der Waals surface area contributed by atoms with Crippen LogP contribution in [0.2, 0.25) is 0 Å². The van der Waals surface area contributed by atoms with Crippen LogP contribution in [0.15, 0.2) is 10.2 Å². The molecule has 0 heterocycles.